The van der Waals surface area contributed by atoms with Gasteiger partial charge in [0, 0.05) is 11.1 Å². The Labute approximate surface area is 149 Å². The van der Waals surface area contributed by atoms with E-state index in [2.05, 4.69) is 0 Å². The number of phenolic OH excluding ortho intramolecular Hbond substituents is 1. The van der Waals surface area contributed by atoms with Gasteiger partial charge < -0.3 is 9.52 Å². The summed E-state index contributed by atoms with van der Waals surface area (Å²) in [6.45, 7) is 0. The van der Waals surface area contributed by atoms with E-state index >= 15 is 0 Å². The molecule has 4 nitrogen and oxygen atoms in total. The third-order valence-electron chi connectivity index (χ3n) is 4.17. The van der Waals surface area contributed by atoms with Gasteiger partial charge in [-0.3, -0.25) is 9.59 Å². The fraction of sp³-hybridized carbons (Fsp3) is 0. The van der Waals surface area contributed by atoms with Crippen molar-refractivity contribution in [1.82, 2.24) is 0 Å². The Morgan fingerprint density at radius 3 is 2.19 bits per heavy atom. The average molecular weight is 342 g/mol. The first-order valence-electron chi connectivity index (χ1n) is 8.10. The molecule has 3 aromatic carbocycles. The molecule has 0 saturated carbocycles. The van der Waals surface area contributed by atoms with E-state index in [-0.39, 0.29) is 22.5 Å². The van der Waals surface area contributed by atoms with Crippen molar-refractivity contribution in [2.75, 3.05) is 0 Å². The van der Waals surface area contributed by atoms with Crippen LogP contribution >= 0.6 is 0 Å². The van der Waals surface area contributed by atoms with E-state index in [9.17, 15) is 14.7 Å². The molecule has 0 amide bonds. The van der Waals surface area contributed by atoms with Crippen LogP contribution in [-0.2, 0) is 0 Å². The molecule has 0 aliphatic carbocycles. The Morgan fingerprint density at radius 2 is 1.50 bits per heavy atom. The number of hydrogen-bond donors (Lipinski definition) is 1. The summed E-state index contributed by atoms with van der Waals surface area (Å²) in [7, 11) is 0. The molecule has 0 saturated heterocycles. The van der Waals surface area contributed by atoms with Crippen molar-refractivity contribution in [2.45, 2.75) is 0 Å². The predicted octanol–water partition coefficient (Wildman–Crippen LogP) is 4.40. The molecule has 0 unspecified atom stereocenters. The van der Waals surface area contributed by atoms with E-state index < -0.39 is 11.2 Å². The van der Waals surface area contributed by atoms with Gasteiger partial charge in [-0.2, -0.15) is 0 Å². The van der Waals surface area contributed by atoms with Crippen LogP contribution in [0.5, 0.6) is 5.75 Å². The lowest BCUT2D eigenvalue weighted by molar-refractivity contribution is 0.103. The van der Waals surface area contributed by atoms with Gasteiger partial charge in [-0.15, -0.1) is 0 Å². The minimum Gasteiger partial charge on any atom is -0.508 e. The molecule has 0 aliphatic heterocycles. The SMILES string of the molecule is O=C(c1ccccc1)c1c(-c2ccccc2)oc2ccc(O)cc2c1=O. The Bertz CT molecular complexity index is 1160. The number of carbonyl (C=O) groups is 1. The Hall–Kier alpha value is -3.66. The maximum Gasteiger partial charge on any atom is 0.204 e. The molecular weight excluding hydrogens is 328 g/mol. The second-order valence-corrected chi connectivity index (χ2v) is 5.88. The first kappa shape index (κ1) is 15.8. The van der Waals surface area contributed by atoms with Crippen LogP contribution in [0, 0.1) is 0 Å². The normalized spacial score (nSPS) is 10.8. The molecule has 0 aliphatic rings. The predicted molar refractivity (Wildman–Crippen MR) is 99.5 cm³/mol. The number of rotatable bonds is 3. The first-order valence-corrected chi connectivity index (χ1v) is 8.10. The van der Waals surface area contributed by atoms with Gasteiger partial charge in [0.05, 0.1) is 5.39 Å². The number of carbonyl (C=O) groups excluding carboxylic acids is 1. The maximum atomic E-state index is 13.1. The van der Waals surface area contributed by atoms with Gasteiger partial charge >= 0.3 is 0 Å². The zero-order valence-corrected chi connectivity index (χ0v) is 13.7. The molecule has 26 heavy (non-hydrogen) atoms. The van der Waals surface area contributed by atoms with Gasteiger partial charge in [0.1, 0.15) is 22.7 Å². The third-order valence-corrected chi connectivity index (χ3v) is 4.17. The highest BCUT2D eigenvalue weighted by Crippen LogP contribution is 2.28. The van der Waals surface area contributed by atoms with Crippen LogP contribution in [0.3, 0.4) is 0 Å². The summed E-state index contributed by atoms with van der Waals surface area (Å²) in [6, 6.07) is 21.9. The molecular formula is C22H14O4. The maximum absolute atomic E-state index is 13.1. The minimum absolute atomic E-state index is 0.0412. The number of ketones is 1. The highest BCUT2D eigenvalue weighted by atomic mass is 16.3. The van der Waals surface area contributed by atoms with Crippen molar-refractivity contribution in [3.05, 3.63) is 100 Å². The fourth-order valence-corrected chi connectivity index (χ4v) is 2.92. The van der Waals surface area contributed by atoms with E-state index in [1.54, 1.807) is 42.5 Å². The third kappa shape index (κ3) is 2.67. The van der Waals surface area contributed by atoms with Crippen LogP contribution in [0.15, 0.2) is 88.1 Å². The summed E-state index contributed by atoms with van der Waals surface area (Å²) in [6.07, 6.45) is 0. The van der Waals surface area contributed by atoms with Gasteiger partial charge in [-0.25, -0.2) is 0 Å². The van der Waals surface area contributed by atoms with E-state index in [0.29, 0.717) is 16.7 Å². The van der Waals surface area contributed by atoms with Crippen molar-refractivity contribution in [1.29, 1.82) is 0 Å². The lowest BCUT2D eigenvalue weighted by atomic mass is 9.97. The molecule has 0 bridgehead atoms. The second-order valence-electron chi connectivity index (χ2n) is 5.88. The quantitative estimate of drug-likeness (QED) is 0.561. The molecule has 4 rings (SSSR count). The summed E-state index contributed by atoms with van der Waals surface area (Å²) >= 11 is 0. The van der Waals surface area contributed by atoms with Gasteiger partial charge in [0.15, 0.2) is 0 Å². The molecule has 4 heteroatoms. The smallest absolute Gasteiger partial charge is 0.204 e. The number of phenols is 1. The monoisotopic (exact) mass is 342 g/mol. The van der Waals surface area contributed by atoms with E-state index in [1.165, 1.54) is 18.2 Å². The Kier molecular flexibility index (Phi) is 3.86. The Balaban J connectivity index is 2.07. The standard InChI is InChI=1S/C22H14O4/c23-16-11-12-18-17(13-16)21(25)19(20(24)14-7-3-1-4-8-14)22(26-18)15-9-5-2-6-10-15/h1-13,23H. The summed E-state index contributed by atoms with van der Waals surface area (Å²) in [5.74, 6) is -0.249. The molecule has 0 atom stereocenters. The van der Waals surface area contributed by atoms with Gasteiger partial charge in [-0.05, 0) is 18.2 Å². The van der Waals surface area contributed by atoms with E-state index in [4.69, 9.17) is 4.42 Å². The van der Waals surface area contributed by atoms with Crippen LogP contribution in [0.4, 0.5) is 0 Å². The topological polar surface area (TPSA) is 67.5 Å². The second kappa shape index (κ2) is 6.33. The van der Waals surface area contributed by atoms with Crippen LogP contribution in [-0.4, -0.2) is 10.9 Å². The highest BCUT2D eigenvalue weighted by molar-refractivity contribution is 6.13. The van der Waals surface area contributed by atoms with Gasteiger partial charge in [0.2, 0.25) is 11.2 Å². The minimum atomic E-state index is -0.463. The summed E-state index contributed by atoms with van der Waals surface area (Å²) in [4.78, 5) is 26.2. The summed E-state index contributed by atoms with van der Waals surface area (Å²) in [5, 5.41) is 9.89. The van der Waals surface area contributed by atoms with Crippen LogP contribution in [0.1, 0.15) is 15.9 Å². The molecule has 1 heterocycles. The van der Waals surface area contributed by atoms with Crippen molar-refractivity contribution in [2.24, 2.45) is 0 Å². The zero-order valence-electron chi connectivity index (χ0n) is 13.7. The van der Waals surface area contributed by atoms with Crippen LogP contribution in [0.2, 0.25) is 0 Å². The van der Waals surface area contributed by atoms with Crippen LogP contribution < -0.4 is 5.43 Å². The molecule has 1 aromatic heterocycles. The number of benzene rings is 3. The first-order chi connectivity index (χ1) is 12.6. The van der Waals surface area contributed by atoms with E-state index in [0.717, 1.165) is 0 Å². The fourth-order valence-electron chi connectivity index (χ4n) is 2.92. The Morgan fingerprint density at radius 1 is 0.846 bits per heavy atom. The lowest BCUT2D eigenvalue weighted by Gasteiger charge is -2.10. The molecule has 4 aromatic rings. The average Bonchev–Trinajstić information content (AvgIpc) is 2.69. The van der Waals surface area contributed by atoms with Crippen molar-refractivity contribution < 1.29 is 14.3 Å². The molecule has 126 valence electrons. The number of hydrogen-bond acceptors (Lipinski definition) is 4. The molecule has 0 radical (unpaired) electrons. The highest BCUT2D eigenvalue weighted by Gasteiger charge is 2.23. The molecule has 1 N–H and O–H groups in total. The van der Waals surface area contributed by atoms with Gasteiger partial charge in [0.25, 0.3) is 0 Å². The lowest BCUT2D eigenvalue weighted by Crippen LogP contribution is -2.18. The van der Waals surface area contributed by atoms with Crippen LogP contribution in [0.25, 0.3) is 22.3 Å². The largest absolute Gasteiger partial charge is 0.508 e. The summed E-state index contributed by atoms with van der Waals surface area (Å²) < 4.78 is 5.93. The van der Waals surface area contributed by atoms with Crippen molar-refractivity contribution in [3.8, 4) is 17.1 Å². The van der Waals surface area contributed by atoms with Crippen molar-refractivity contribution >= 4 is 16.8 Å². The van der Waals surface area contributed by atoms with Crippen molar-refractivity contribution in [3.63, 3.8) is 0 Å². The summed E-state index contributed by atoms with van der Waals surface area (Å²) in [5.41, 5.74) is 0.849. The zero-order chi connectivity index (χ0) is 18.1. The number of fused-ring (bicyclic) bond motifs is 1. The van der Waals surface area contributed by atoms with Gasteiger partial charge in [-0.1, -0.05) is 60.7 Å². The van der Waals surface area contributed by atoms with E-state index in [1.807, 2.05) is 18.2 Å². The number of aromatic hydroxyl groups is 1. The molecule has 0 fully saturated rings. The molecule has 0 spiro atoms.